The zero-order chi connectivity index (χ0) is 25.4. The Morgan fingerprint density at radius 3 is 2.44 bits per heavy atom. The standard InChI is InChI=1S/C18H28N4O.C8H16N3O.Y/c1-21(15-5-3-2-4-6-15)13-14-7-9-16(10-8-14)22-12-11-17(19)20-18(22)23;1-8(2,9)7(12)11-5-3-10-4-6-11;/h9,11-12,14-15H,2-8,10,13H2,1H3,(H2,19,20,23);3-6,9H2,1-2H3;/q;-1;/p-1. The van der Waals surface area contributed by atoms with Gasteiger partial charge in [-0.05, 0) is 65.0 Å². The van der Waals surface area contributed by atoms with Crippen LogP contribution in [-0.2, 0) is 37.5 Å². The summed E-state index contributed by atoms with van der Waals surface area (Å²) >= 11 is 0. The minimum atomic E-state index is -0.739. The van der Waals surface area contributed by atoms with Gasteiger partial charge >= 0.3 is 0 Å². The number of nitrogens with zero attached hydrogens (tertiary/aromatic N) is 5. The first-order chi connectivity index (χ1) is 16.6. The monoisotopic (exact) mass is 574 g/mol. The van der Waals surface area contributed by atoms with Crippen molar-refractivity contribution in [1.29, 1.82) is 0 Å². The van der Waals surface area contributed by atoms with E-state index >= 15 is 0 Å². The van der Waals surface area contributed by atoms with E-state index in [9.17, 15) is 9.59 Å². The van der Waals surface area contributed by atoms with E-state index in [1.54, 1.807) is 35.6 Å². The van der Waals surface area contributed by atoms with Crippen LogP contribution in [0.3, 0.4) is 0 Å². The molecule has 1 atom stereocenters. The van der Waals surface area contributed by atoms with Crippen LogP contribution in [0.2, 0.25) is 0 Å². The van der Waals surface area contributed by atoms with Crippen LogP contribution in [0.1, 0.15) is 65.2 Å². The average molecular weight is 575 g/mol. The van der Waals surface area contributed by atoms with Gasteiger partial charge < -0.3 is 31.6 Å². The van der Waals surface area contributed by atoms with Crippen molar-refractivity contribution in [1.82, 2.24) is 19.4 Å². The van der Waals surface area contributed by atoms with E-state index in [-0.39, 0.29) is 50.1 Å². The van der Waals surface area contributed by atoms with E-state index in [1.807, 2.05) is 0 Å². The van der Waals surface area contributed by atoms with Gasteiger partial charge in [-0.25, -0.2) is 0 Å². The molecule has 0 aromatic carbocycles. The minimum absolute atomic E-state index is 0. The summed E-state index contributed by atoms with van der Waals surface area (Å²) < 4.78 is 1.60. The van der Waals surface area contributed by atoms with E-state index in [0.717, 1.165) is 63.7 Å². The minimum Gasteiger partial charge on any atom is -0.659 e. The Labute approximate surface area is 241 Å². The topological polar surface area (TPSA) is 122 Å². The molecule has 1 amide bonds. The normalized spacial score (nSPS) is 21.2. The number of hydrogen-bond donors (Lipinski definition) is 1. The molecule has 199 valence electrons. The number of hydrogen-bond acceptors (Lipinski definition) is 5. The molecule has 1 aromatic rings. The number of carbonyl (C=O) groups excluding carboxylic acids is 1. The molecule has 3 aliphatic rings. The van der Waals surface area contributed by atoms with Gasteiger partial charge in [-0.3, -0.25) is 14.2 Å². The number of aromatic nitrogens is 2. The van der Waals surface area contributed by atoms with Crippen molar-refractivity contribution in [3.63, 3.8) is 0 Å². The predicted molar refractivity (Wildman–Crippen MR) is 142 cm³/mol. The Hall–Kier alpha value is -1.13. The molecule has 1 saturated carbocycles. The zero-order valence-corrected chi connectivity index (χ0v) is 25.1. The van der Waals surface area contributed by atoms with Gasteiger partial charge in [-0.1, -0.05) is 31.2 Å². The molecule has 1 aromatic heterocycles. The Morgan fingerprint density at radius 1 is 1.22 bits per heavy atom. The average Bonchev–Trinajstić information content (AvgIpc) is 2.85. The van der Waals surface area contributed by atoms with Crippen molar-refractivity contribution in [3.8, 4) is 0 Å². The molecule has 0 bridgehead atoms. The van der Waals surface area contributed by atoms with Gasteiger partial charge in [-0.2, -0.15) is 0 Å². The second kappa shape index (κ2) is 14.7. The molecule has 2 fully saturated rings. The third kappa shape index (κ3) is 9.32. The van der Waals surface area contributed by atoms with Crippen LogP contribution in [-0.4, -0.2) is 76.6 Å². The van der Waals surface area contributed by atoms with E-state index in [1.165, 1.54) is 32.1 Å². The fraction of sp³-hybridized carbons (Fsp3) is 0.731. The van der Waals surface area contributed by atoms with Crippen LogP contribution in [0.5, 0.6) is 0 Å². The van der Waals surface area contributed by atoms with Crippen molar-refractivity contribution in [2.24, 2.45) is 11.7 Å². The Bertz CT molecular complexity index is 916. The van der Waals surface area contributed by atoms with Crippen molar-refractivity contribution < 1.29 is 37.5 Å². The second-order valence-corrected chi connectivity index (χ2v) is 10.7. The molecule has 3 N–H and O–H groups in total. The largest absolute Gasteiger partial charge is 0.659 e. The predicted octanol–water partition coefficient (Wildman–Crippen LogP) is 3.77. The van der Waals surface area contributed by atoms with Crippen LogP contribution in [0, 0.1) is 5.92 Å². The van der Waals surface area contributed by atoms with Crippen molar-refractivity contribution in [2.75, 3.05) is 39.8 Å². The first-order valence-corrected chi connectivity index (χ1v) is 13.1. The number of carbonyl (C=O) groups is 1. The fourth-order valence-electron chi connectivity index (χ4n) is 5.18. The molecule has 1 saturated heterocycles. The van der Waals surface area contributed by atoms with Crippen LogP contribution in [0.25, 0.3) is 16.7 Å². The zero-order valence-electron chi connectivity index (χ0n) is 22.3. The van der Waals surface area contributed by atoms with E-state index in [0.29, 0.717) is 5.92 Å². The molecular formula is C26H43N7O2Y-2. The molecule has 10 heteroatoms. The maximum Gasteiger partial charge on any atom is 0.250 e. The number of piperazine rings is 1. The molecule has 1 aliphatic heterocycles. The Balaban J connectivity index is 0.000000299. The van der Waals surface area contributed by atoms with Crippen LogP contribution in [0.15, 0.2) is 23.1 Å². The van der Waals surface area contributed by atoms with Gasteiger partial charge in [0.15, 0.2) is 0 Å². The van der Waals surface area contributed by atoms with E-state index in [4.69, 9.17) is 11.5 Å². The maximum atomic E-state index is 11.9. The number of amides is 1. The molecular weight excluding hydrogens is 531 g/mol. The summed E-state index contributed by atoms with van der Waals surface area (Å²) in [6.07, 6.45) is 13.8. The first kappa shape index (κ1) is 31.1. The Morgan fingerprint density at radius 2 is 1.89 bits per heavy atom. The molecule has 1 radical (unpaired) electrons. The van der Waals surface area contributed by atoms with Gasteiger partial charge in [0.05, 0.1) is 5.54 Å². The third-order valence-corrected chi connectivity index (χ3v) is 7.25. The second-order valence-electron chi connectivity index (χ2n) is 10.7. The van der Waals surface area contributed by atoms with Crippen LogP contribution in [0.4, 0.5) is 5.82 Å². The van der Waals surface area contributed by atoms with Crippen molar-refractivity contribution in [3.05, 3.63) is 39.9 Å². The summed E-state index contributed by atoms with van der Waals surface area (Å²) in [4.78, 5) is 31.5. The third-order valence-electron chi connectivity index (χ3n) is 7.25. The summed E-state index contributed by atoms with van der Waals surface area (Å²) in [5.74, 6) is 0.747. The number of nitrogens with one attached hydrogen (secondary N) is 1. The molecule has 2 aliphatic carbocycles. The van der Waals surface area contributed by atoms with Crippen LogP contribution >= 0.6 is 0 Å². The molecule has 0 spiro atoms. The van der Waals surface area contributed by atoms with Crippen LogP contribution < -0.4 is 11.4 Å². The molecule has 2 heterocycles. The number of allylic oxidation sites excluding steroid dienone is 2. The summed E-state index contributed by atoms with van der Waals surface area (Å²) in [7, 11) is 2.27. The van der Waals surface area contributed by atoms with Gasteiger partial charge in [0.1, 0.15) is 0 Å². The van der Waals surface area contributed by atoms with Gasteiger partial charge in [0.25, 0.3) is 0 Å². The van der Waals surface area contributed by atoms with Crippen molar-refractivity contribution in [2.45, 2.75) is 76.8 Å². The Kier molecular flexibility index (Phi) is 12.7. The summed E-state index contributed by atoms with van der Waals surface area (Å²) in [6.45, 7) is 7.58. The van der Waals surface area contributed by atoms with Gasteiger partial charge in [0, 0.05) is 70.3 Å². The summed E-state index contributed by atoms with van der Waals surface area (Å²) in [5, 5.41) is 4.16. The number of rotatable bonds is 5. The summed E-state index contributed by atoms with van der Waals surface area (Å²) in [6, 6.07) is 2.34. The van der Waals surface area contributed by atoms with Gasteiger partial charge in [0.2, 0.25) is 11.6 Å². The van der Waals surface area contributed by atoms with Crippen molar-refractivity contribution >= 4 is 17.4 Å². The van der Waals surface area contributed by atoms with E-state index < -0.39 is 5.54 Å². The fourth-order valence-corrected chi connectivity index (χ4v) is 5.18. The molecule has 4 rings (SSSR count). The summed E-state index contributed by atoms with van der Waals surface area (Å²) in [5.41, 5.74) is 13.1. The number of nitrogens with two attached hydrogens (primary N) is 1. The molecule has 9 nitrogen and oxygen atoms in total. The molecule has 1 unspecified atom stereocenters. The molecule has 36 heavy (non-hydrogen) atoms. The van der Waals surface area contributed by atoms with Gasteiger partial charge in [-0.15, -0.1) is 13.1 Å². The maximum absolute atomic E-state index is 11.9. The first-order valence-electron chi connectivity index (χ1n) is 13.1. The smallest absolute Gasteiger partial charge is 0.250 e. The SMILES string of the molecule is CC(C)(N)C(=O)N1CC[N-]CC1.CN(CC1CC=C(n2ccc([NH-])nc2=O)CC1)C1CCCCC1.[Y]. The quantitative estimate of drug-likeness (QED) is 0.574. The van der Waals surface area contributed by atoms with E-state index in [2.05, 4.69) is 28.3 Å².